The Balaban J connectivity index is 2.83. The number of hydrogen-bond donors (Lipinski definition) is 0. The molecule has 1 heterocycles. The van der Waals surface area contributed by atoms with Crippen molar-refractivity contribution in [1.29, 1.82) is 0 Å². The van der Waals surface area contributed by atoms with E-state index in [1.165, 1.54) is 0 Å². The van der Waals surface area contributed by atoms with Crippen molar-refractivity contribution in [3.05, 3.63) is 0 Å². The first-order valence-electron chi connectivity index (χ1n) is 6.22. The predicted molar refractivity (Wildman–Crippen MR) is 66.8 cm³/mol. The highest BCUT2D eigenvalue weighted by atomic mass is 32.3. The van der Waals surface area contributed by atoms with Gasteiger partial charge in [0.2, 0.25) is 0 Å². The van der Waals surface area contributed by atoms with Gasteiger partial charge < -0.3 is 0 Å². The van der Waals surface area contributed by atoms with E-state index in [1.807, 2.05) is 0 Å². The summed E-state index contributed by atoms with van der Waals surface area (Å²) >= 11 is 0. The van der Waals surface area contributed by atoms with Gasteiger partial charge in [-0.05, 0) is 23.7 Å². The molecular weight excluding hydrogens is 240 g/mol. The molecular formula is C12H24O4S. The molecule has 0 bridgehead atoms. The van der Waals surface area contributed by atoms with Gasteiger partial charge in [0.05, 0.1) is 6.61 Å². The van der Waals surface area contributed by atoms with Crippen molar-refractivity contribution in [2.24, 2.45) is 10.8 Å². The van der Waals surface area contributed by atoms with Crippen LogP contribution >= 0.6 is 0 Å². The van der Waals surface area contributed by atoms with E-state index in [0.717, 1.165) is 19.3 Å². The maximum Gasteiger partial charge on any atom is 0.400 e. The normalized spacial score (nSPS) is 27.9. The van der Waals surface area contributed by atoms with Crippen LogP contribution in [0.15, 0.2) is 0 Å². The molecule has 0 aromatic rings. The van der Waals surface area contributed by atoms with E-state index in [0.29, 0.717) is 0 Å². The average Bonchev–Trinajstić information content (AvgIpc) is 2.59. The van der Waals surface area contributed by atoms with E-state index in [2.05, 4.69) is 34.6 Å². The lowest BCUT2D eigenvalue weighted by atomic mass is 9.68. The highest BCUT2D eigenvalue weighted by molar-refractivity contribution is 7.82. The van der Waals surface area contributed by atoms with Crippen molar-refractivity contribution in [1.82, 2.24) is 0 Å². The fraction of sp³-hybridized carbons (Fsp3) is 1.00. The van der Waals surface area contributed by atoms with Gasteiger partial charge in [-0.2, -0.15) is 8.42 Å². The van der Waals surface area contributed by atoms with Crippen LogP contribution in [0.3, 0.4) is 0 Å². The minimum Gasteiger partial charge on any atom is -0.245 e. The van der Waals surface area contributed by atoms with E-state index < -0.39 is 10.4 Å². The van der Waals surface area contributed by atoms with Gasteiger partial charge >= 0.3 is 10.4 Å². The van der Waals surface area contributed by atoms with Crippen LogP contribution in [0.1, 0.15) is 53.9 Å². The van der Waals surface area contributed by atoms with Crippen LogP contribution in [0, 0.1) is 10.8 Å². The van der Waals surface area contributed by atoms with Gasteiger partial charge in [0, 0.05) is 0 Å². The zero-order chi connectivity index (χ0) is 13.3. The summed E-state index contributed by atoms with van der Waals surface area (Å²) in [7, 11) is -3.75. The van der Waals surface area contributed by atoms with E-state index in [-0.39, 0.29) is 23.5 Å². The zero-order valence-electron chi connectivity index (χ0n) is 11.4. The van der Waals surface area contributed by atoms with Crippen LogP contribution in [0.4, 0.5) is 0 Å². The van der Waals surface area contributed by atoms with Gasteiger partial charge in [-0.3, -0.25) is 0 Å². The summed E-state index contributed by atoms with van der Waals surface area (Å²) in [6, 6.07) is 0. The lowest BCUT2D eigenvalue weighted by Gasteiger charge is -2.39. The number of hydrogen-bond acceptors (Lipinski definition) is 4. The Morgan fingerprint density at radius 1 is 1.18 bits per heavy atom. The van der Waals surface area contributed by atoms with Crippen molar-refractivity contribution in [2.45, 2.75) is 60.0 Å². The Hall–Kier alpha value is -0.130. The Morgan fingerprint density at radius 3 is 2.12 bits per heavy atom. The van der Waals surface area contributed by atoms with Crippen LogP contribution in [-0.2, 0) is 18.8 Å². The molecule has 0 N–H and O–H groups in total. The Morgan fingerprint density at radius 2 is 1.76 bits per heavy atom. The van der Waals surface area contributed by atoms with Gasteiger partial charge in [0.1, 0.15) is 6.10 Å². The highest BCUT2D eigenvalue weighted by Gasteiger charge is 2.44. The summed E-state index contributed by atoms with van der Waals surface area (Å²) in [4.78, 5) is 0. The average molecular weight is 264 g/mol. The van der Waals surface area contributed by atoms with Crippen LogP contribution in [0.2, 0.25) is 0 Å². The summed E-state index contributed by atoms with van der Waals surface area (Å²) in [5.74, 6) is 0. The summed E-state index contributed by atoms with van der Waals surface area (Å²) < 4.78 is 32.1. The molecule has 1 aliphatic heterocycles. The molecule has 0 amide bonds. The second kappa shape index (κ2) is 4.86. The standard InChI is InChI=1S/C12H24O4S/c1-6-11(3,4)9-12(5,7-2)10-8-15-17(13,14)16-10/h10H,6-9H2,1-5H3. The maximum absolute atomic E-state index is 11.2. The summed E-state index contributed by atoms with van der Waals surface area (Å²) in [5.41, 5.74) is 0.0174. The molecule has 0 radical (unpaired) electrons. The first-order chi connectivity index (χ1) is 7.64. The van der Waals surface area contributed by atoms with Crippen molar-refractivity contribution < 1.29 is 16.8 Å². The SMILES string of the molecule is CCC(C)(C)CC(C)(CC)C1COS(=O)(=O)O1. The van der Waals surface area contributed by atoms with E-state index in [1.54, 1.807) is 0 Å². The summed E-state index contributed by atoms with van der Waals surface area (Å²) in [6.07, 6.45) is 2.50. The number of rotatable bonds is 5. The molecule has 1 saturated heterocycles. The van der Waals surface area contributed by atoms with Crippen molar-refractivity contribution >= 4 is 10.4 Å². The maximum atomic E-state index is 11.2. The predicted octanol–water partition coefficient (Wildman–Crippen LogP) is 2.89. The lowest BCUT2D eigenvalue weighted by molar-refractivity contribution is 0.0321. The molecule has 0 spiro atoms. The fourth-order valence-electron chi connectivity index (χ4n) is 2.35. The first-order valence-corrected chi connectivity index (χ1v) is 7.55. The Labute approximate surface area is 105 Å². The fourth-order valence-corrected chi connectivity index (χ4v) is 3.26. The molecule has 0 aromatic carbocycles. The van der Waals surface area contributed by atoms with Gasteiger partial charge in [-0.15, -0.1) is 0 Å². The lowest BCUT2D eigenvalue weighted by Crippen LogP contribution is -2.37. The molecule has 102 valence electrons. The molecule has 0 saturated carbocycles. The van der Waals surface area contributed by atoms with E-state index in [4.69, 9.17) is 8.37 Å². The molecule has 0 aromatic heterocycles. The quantitative estimate of drug-likeness (QED) is 0.766. The topological polar surface area (TPSA) is 52.6 Å². The second-order valence-electron chi connectivity index (χ2n) is 5.98. The van der Waals surface area contributed by atoms with Crippen LogP contribution in [0.5, 0.6) is 0 Å². The largest absolute Gasteiger partial charge is 0.400 e. The third-order valence-electron chi connectivity index (χ3n) is 4.02. The molecule has 4 nitrogen and oxygen atoms in total. The van der Waals surface area contributed by atoms with Crippen molar-refractivity contribution in [2.75, 3.05) is 6.61 Å². The van der Waals surface area contributed by atoms with Gasteiger partial charge in [-0.25, -0.2) is 8.37 Å². The van der Waals surface area contributed by atoms with Crippen LogP contribution in [0.25, 0.3) is 0 Å². The molecule has 17 heavy (non-hydrogen) atoms. The second-order valence-corrected chi connectivity index (χ2v) is 7.22. The first kappa shape index (κ1) is 14.9. The van der Waals surface area contributed by atoms with Gasteiger partial charge in [0.25, 0.3) is 0 Å². The monoisotopic (exact) mass is 264 g/mol. The smallest absolute Gasteiger partial charge is 0.245 e. The highest BCUT2D eigenvalue weighted by Crippen LogP contribution is 2.43. The summed E-state index contributed by atoms with van der Waals surface area (Å²) in [6.45, 7) is 10.8. The van der Waals surface area contributed by atoms with Crippen molar-refractivity contribution in [3.63, 3.8) is 0 Å². The Bertz CT molecular complexity index is 361. The minimum absolute atomic E-state index is 0.145. The summed E-state index contributed by atoms with van der Waals surface area (Å²) in [5, 5.41) is 0. The minimum atomic E-state index is -3.75. The van der Waals surface area contributed by atoms with Gasteiger partial charge in [0.15, 0.2) is 0 Å². The van der Waals surface area contributed by atoms with E-state index >= 15 is 0 Å². The van der Waals surface area contributed by atoms with Crippen molar-refractivity contribution in [3.8, 4) is 0 Å². The molecule has 1 rings (SSSR count). The Kier molecular flexibility index (Phi) is 4.27. The van der Waals surface area contributed by atoms with Crippen LogP contribution in [-0.4, -0.2) is 21.1 Å². The van der Waals surface area contributed by atoms with Crippen LogP contribution < -0.4 is 0 Å². The van der Waals surface area contributed by atoms with E-state index in [9.17, 15) is 8.42 Å². The molecule has 0 aliphatic carbocycles. The third-order valence-corrected chi connectivity index (χ3v) is 4.92. The molecule has 1 aliphatic rings. The molecule has 2 unspecified atom stereocenters. The third kappa shape index (κ3) is 3.66. The molecule has 1 fully saturated rings. The van der Waals surface area contributed by atoms with Gasteiger partial charge in [-0.1, -0.05) is 41.0 Å². The molecule has 5 heteroatoms. The molecule has 2 atom stereocenters. The zero-order valence-corrected chi connectivity index (χ0v) is 12.3.